The molecule has 0 unspecified atom stereocenters. The van der Waals surface area contributed by atoms with E-state index in [2.05, 4.69) is 4.98 Å². The molecule has 2 heterocycles. The number of rotatable bonds is 4. The molecule has 0 saturated heterocycles. The van der Waals surface area contributed by atoms with E-state index in [1.54, 1.807) is 17.5 Å². The molecule has 0 aliphatic rings. The molecule has 0 bridgehead atoms. The number of aryl methyl sites for hydroxylation is 2. The minimum Gasteiger partial charge on any atom is -0.323 e. The number of Topliss-reactive ketones (excluding diaryl/α,β-unsaturated/α-hetero) is 1. The number of thiophene rings is 1. The van der Waals surface area contributed by atoms with Gasteiger partial charge in [0, 0.05) is 33.3 Å². The molecule has 3 rings (SSSR count). The Bertz CT molecular complexity index is 771. The Balaban J connectivity index is 1.88. The highest BCUT2D eigenvalue weighted by atomic mass is 32.1. The lowest BCUT2D eigenvalue weighted by atomic mass is 10.1. The van der Waals surface area contributed by atoms with E-state index < -0.39 is 0 Å². The Morgan fingerprint density at radius 2 is 2.00 bits per heavy atom. The van der Waals surface area contributed by atoms with Crippen LogP contribution in [0.2, 0.25) is 0 Å². The minimum atomic E-state index is 0.132. The fourth-order valence-corrected chi connectivity index (χ4v) is 3.37. The Kier molecular flexibility index (Phi) is 3.71. The third-order valence-corrected chi connectivity index (χ3v) is 4.37. The zero-order valence-electron chi connectivity index (χ0n) is 12.0. The minimum absolute atomic E-state index is 0.132. The van der Waals surface area contributed by atoms with Gasteiger partial charge in [0.25, 0.3) is 0 Å². The maximum atomic E-state index is 12.5. The van der Waals surface area contributed by atoms with Gasteiger partial charge < -0.3 is 4.57 Å². The maximum absolute atomic E-state index is 12.5. The topological polar surface area (TPSA) is 34.9 Å². The Hall–Kier alpha value is -2.20. The number of carbonyl (C=O) groups is 1. The highest BCUT2D eigenvalue weighted by molar-refractivity contribution is 7.12. The monoisotopic (exact) mass is 296 g/mol. The van der Waals surface area contributed by atoms with Crippen LogP contribution in [0, 0.1) is 13.8 Å². The van der Waals surface area contributed by atoms with Crippen LogP contribution in [-0.2, 0) is 6.54 Å². The van der Waals surface area contributed by atoms with Crippen LogP contribution in [0.25, 0.3) is 11.4 Å². The number of carbonyl (C=O) groups excluding carboxylic acids is 1. The lowest BCUT2D eigenvalue weighted by molar-refractivity contribution is 0.0972. The summed E-state index contributed by atoms with van der Waals surface area (Å²) in [5, 5.41) is 0. The first-order valence-electron chi connectivity index (χ1n) is 6.82. The fraction of sp³-hybridized carbons (Fsp3) is 0.176. The SMILES string of the molecule is Cc1cc(C(=O)Cn2ccnc2-c2ccccc2)c(C)s1. The Morgan fingerprint density at radius 3 is 2.67 bits per heavy atom. The van der Waals surface area contributed by atoms with Crippen molar-refractivity contribution in [2.45, 2.75) is 20.4 Å². The van der Waals surface area contributed by atoms with Gasteiger partial charge in [-0.1, -0.05) is 30.3 Å². The van der Waals surface area contributed by atoms with Crippen molar-refractivity contribution in [2.75, 3.05) is 0 Å². The van der Waals surface area contributed by atoms with Crippen molar-refractivity contribution in [1.29, 1.82) is 0 Å². The van der Waals surface area contributed by atoms with Gasteiger partial charge in [-0.15, -0.1) is 11.3 Å². The van der Waals surface area contributed by atoms with Crippen molar-refractivity contribution < 1.29 is 4.79 Å². The molecule has 2 aromatic heterocycles. The van der Waals surface area contributed by atoms with Crippen molar-refractivity contribution in [3.8, 4) is 11.4 Å². The summed E-state index contributed by atoms with van der Waals surface area (Å²) in [5.41, 5.74) is 1.85. The molecule has 0 saturated carbocycles. The van der Waals surface area contributed by atoms with Crippen LogP contribution in [-0.4, -0.2) is 15.3 Å². The summed E-state index contributed by atoms with van der Waals surface area (Å²) in [6.45, 7) is 4.35. The van der Waals surface area contributed by atoms with Crippen LogP contribution in [0.3, 0.4) is 0 Å². The van der Waals surface area contributed by atoms with Crippen LogP contribution in [0.15, 0.2) is 48.8 Å². The van der Waals surface area contributed by atoms with Crippen LogP contribution in [0.4, 0.5) is 0 Å². The van der Waals surface area contributed by atoms with Crippen LogP contribution < -0.4 is 0 Å². The zero-order chi connectivity index (χ0) is 14.8. The first-order chi connectivity index (χ1) is 10.1. The molecule has 0 aliphatic carbocycles. The largest absolute Gasteiger partial charge is 0.323 e. The first kappa shape index (κ1) is 13.8. The van der Waals surface area contributed by atoms with E-state index in [0.29, 0.717) is 6.54 Å². The summed E-state index contributed by atoms with van der Waals surface area (Å²) in [5.74, 6) is 0.959. The van der Waals surface area contributed by atoms with Crippen molar-refractivity contribution in [3.05, 3.63) is 64.1 Å². The average Bonchev–Trinajstić information content (AvgIpc) is 3.06. The second kappa shape index (κ2) is 5.66. The zero-order valence-corrected chi connectivity index (χ0v) is 12.9. The van der Waals surface area contributed by atoms with E-state index in [-0.39, 0.29) is 5.78 Å². The van der Waals surface area contributed by atoms with E-state index in [1.165, 1.54) is 4.88 Å². The van der Waals surface area contributed by atoms with Crippen LogP contribution in [0.1, 0.15) is 20.1 Å². The number of nitrogens with zero attached hydrogens (tertiary/aromatic N) is 2. The number of hydrogen-bond donors (Lipinski definition) is 0. The summed E-state index contributed by atoms with van der Waals surface area (Å²) in [6, 6.07) is 11.9. The van der Waals surface area contributed by atoms with E-state index in [1.807, 2.05) is 61.0 Å². The number of aromatic nitrogens is 2. The van der Waals surface area contributed by atoms with E-state index in [0.717, 1.165) is 21.8 Å². The molecule has 1 aromatic carbocycles. The van der Waals surface area contributed by atoms with Gasteiger partial charge in [0.1, 0.15) is 5.82 Å². The molecule has 0 radical (unpaired) electrons. The van der Waals surface area contributed by atoms with Crippen molar-refractivity contribution in [3.63, 3.8) is 0 Å². The number of hydrogen-bond acceptors (Lipinski definition) is 3. The third kappa shape index (κ3) is 2.81. The molecule has 0 fully saturated rings. The van der Waals surface area contributed by atoms with Gasteiger partial charge in [-0.25, -0.2) is 4.98 Å². The normalized spacial score (nSPS) is 10.8. The second-order valence-electron chi connectivity index (χ2n) is 4.99. The van der Waals surface area contributed by atoms with Crippen LogP contribution in [0.5, 0.6) is 0 Å². The summed E-state index contributed by atoms with van der Waals surface area (Å²) < 4.78 is 1.91. The molecule has 0 aliphatic heterocycles. The first-order valence-corrected chi connectivity index (χ1v) is 7.63. The standard InChI is InChI=1S/C17H16N2OS/c1-12-10-15(13(2)21-12)16(20)11-19-9-8-18-17(19)14-6-4-3-5-7-14/h3-10H,11H2,1-2H3. The molecule has 21 heavy (non-hydrogen) atoms. The number of imidazole rings is 1. The molecule has 0 amide bonds. The Labute approximate surface area is 127 Å². The van der Waals surface area contributed by atoms with Crippen molar-refractivity contribution in [1.82, 2.24) is 9.55 Å². The summed E-state index contributed by atoms with van der Waals surface area (Å²) in [4.78, 5) is 19.1. The molecule has 0 spiro atoms. The van der Waals surface area contributed by atoms with E-state index in [9.17, 15) is 4.79 Å². The highest BCUT2D eigenvalue weighted by Gasteiger charge is 2.14. The lowest BCUT2D eigenvalue weighted by Crippen LogP contribution is -2.11. The molecular weight excluding hydrogens is 280 g/mol. The number of ketones is 1. The van der Waals surface area contributed by atoms with Gasteiger partial charge in [-0.2, -0.15) is 0 Å². The highest BCUT2D eigenvalue weighted by Crippen LogP contribution is 2.23. The quantitative estimate of drug-likeness (QED) is 0.679. The molecule has 0 N–H and O–H groups in total. The van der Waals surface area contributed by atoms with Crippen LogP contribution >= 0.6 is 11.3 Å². The second-order valence-corrected chi connectivity index (χ2v) is 6.46. The van der Waals surface area contributed by atoms with Gasteiger partial charge in [0.05, 0.1) is 6.54 Å². The maximum Gasteiger partial charge on any atom is 0.183 e. The number of benzene rings is 1. The summed E-state index contributed by atoms with van der Waals surface area (Å²) in [6.07, 6.45) is 3.59. The smallest absolute Gasteiger partial charge is 0.183 e. The van der Waals surface area contributed by atoms with Gasteiger partial charge in [-0.3, -0.25) is 4.79 Å². The molecular formula is C17H16N2OS. The lowest BCUT2D eigenvalue weighted by Gasteiger charge is -2.07. The van der Waals surface area contributed by atoms with Crippen molar-refractivity contribution >= 4 is 17.1 Å². The van der Waals surface area contributed by atoms with Gasteiger partial charge in [0.2, 0.25) is 0 Å². The summed E-state index contributed by atoms with van der Waals surface area (Å²) in [7, 11) is 0. The molecule has 3 aromatic rings. The molecule has 3 nitrogen and oxygen atoms in total. The van der Waals surface area contributed by atoms with E-state index in [4.69, 9.17) is 0 Å². The van der Waals surface area contributed by atoms with E-state index >= 15 is 0 Å². The average molecular weight is 296 g/mol. The third-order valence-electron chi connectivity index (χ3n) is 3.40. The van der Waals surface area contributed by atoms with Crippen molar-refractivity contribution in [2.24, 2.45) is 0 Å². The molecule has 4 heteroatoms. The molecule has 106 valence electrons. The predicted octanol–water partition coefficient (Wildman–Crippen LogP) is 4.11. The van der Waals surface area contributed by atoms with Gasteiger partial charge >= 0.3 is 0 Å². The Morgan fingerprint density at radius 1 is 1.24 bits per heavy atom. The fourth-order valence-electron chi connectivity index (χ4n) is 2.43. The summed E-state index contributed by atoms with van der Waals surface area (Å²) >= 11 is 1.67. The van der Waals surface area contributed by atoms with Gasteiger partial charge in [0.15, 0.2) is 5.78 Å². The van der Waals surface area contributed by atoms with Gasteiger partial charge in [-0.05, 0) is 19.9 Å². The predicted molar refractivity (Wildman–Crippen MR) is 85.8 cm³/mol. The molecule has 0 atom stereocenters.